The first kappa shape index (κ1) is 10.5. The summed E-state index contributed by atoms with van der Waals surface area (Å²) in [6.45, 7) is 0. The maximum atomic E-state index is 8.63. The zero-order chi connectivity index (χ0) is 9.14. The summed E-state index contributed by atoms with van der Waals surface area (Å²) in [6, 6.07) is 3.19. The second-order valence-corrected chi connectivity index (χ2v) is 4.18. The predicted octanol–water partition coefficient (Wildman–Crippen LogP) is 3.69. The van der Waals surface area contributed by atoms with Gasteiger partial charge in [0.15, 0.2) is 0 Å². The van der Waals surface area contributed by atoms with E-state index in [-0.39, 0.29) is 5.94 Å². The molecule has 1 N–H and O–H groups in total. The van der Waals surface area contributed by atoms with Gasteiger partial charge in [-0.2, -0.15) is 0 Å². The van der Waals surface area contributed by atoms with Crippen LogP contribution >= 0.6 is 46.6 Å². The zero-order valence-electron chi connectivity index (χ0n) is 5.85. The zero-order valence-corrected chi connectivity index (χ0v) is 8.94. The lowest BCUT2D eigenvalue weighted by molar-refractivity contribution is 0.375. The van der Waals surface area contributed by atoms with Crippen LogP contribution in [-0.2, 0) is 0 Å². The van der Waals surface area contributed by atoms with Crippen molar-refractivity contribution in [1.82, 2.24) is 0 Å². The Kier molecular flexibility index (Phi) is 4.00. The summed E-state index contributed by atoms with van der Waals surface area (Å²) in [5.41, 5.74) is 0. The van der Waals surface area contributed by atoms with E-state index in [2.05, 4.69) is 0 Å². The lowest BCUT2D eigenvalue weighted by Crippen LogP contribution is -1.79. The Morgan fingerprint density at radius 2 is 1.67 bits per heavy atom. The standard InChI is InChI=1S/C7H5Cl3OS/c8-4-1-6(10)7(12-3-11)2-5(4)9/h1-2,11H,3H2. The van der Waals surface area contributed by atoms with E-state index in [0.29, 0.717) is 15.1 Å². The monoisotopic (exact) mass is 242 g/mol. The van der Waals surface area contributed by atoms with Crippen LogP contribution in [-0.4, -0.2) is 11.0 Å². The van der Waals surface area contributed by atoms with Gasteiger partial charge in [0.2, 0.25) is 0 Å². The number of hydrogen-bond acceptors (Lipinski definition) is 2. The van der Waals surface area contributed by atoms with E-state index >= 15 is 0 Å². The molecule has 0 saturated carbocycles. The molecule has 0 spiro atoms. The first-order valence-corrected chi connectivity index (χ1v) is 5.15. The van der Waals surface area contributed by atoms with Gasteiger partial charge in [0, 0.05) is 4.90 Å². The molecule has 1 rings (SSSR count). The number of aliphatic hydroxyl groups is 1. The summed E-state index contributed by atoms with van der Waals surface area (Å²) in [4.78, 5) is 0.730. The van der Waals surface area contributed by atoms with Crippen molar-refractivity contribution in [2.45, 2.75) is 4.90 Å². The van der Waals surface area contributed by atoms with Crippen molar-refractivity contribution < 1.29 is 5.11 Å². The van der Waals surface area contributed by atoms with Crippen molar-refractivity contribution in [3.63, 3.8) is 0 Å². The highest BCUT2D eigenvalue weighted by atomic mass is 35.5. The first-order valence-electron chi connectivity index (χ1n) is 3.03. The predicted molar refractivity (Wildman–Crippen MR) is 54.4 cm³/mol. The number of hydrogen-bond donors (Lipinski definition) is 1. The van der Waals surface area contributed by atoms with Gasteiger partial charge >= 0.3 is 0 Å². The Morgan fingerprint density at radius 1 is 1.08 bits per heavy atom. The lowest BCUT2D eigenvalue weighted by atomic mass is 10.4. The van der Waals surface area contributed by atoms with Crippen LogP contribution in [0.3, 0.4) is 0 Å². The van der Waals surface area contributed by atoms with Crippen molar-refractivity contribution in [3.8, 4) is 0 Å². The molecular formula is C7H5Cl3OS. The van der Waals surface area contributed by atoms with Gasteiger partial charge in [0.1, 0.15) is 0 Å². The Morgan fingerprint density at radius 3 is 2.25 bits per heavy atom. The number of rotatable bonds is 2. The second-order valence-electron chi connectivity index (χ2n) is 1.97. The summed E-state index contributed by atoms with van der Waals surface area (Å²) >= 11 is 18.4. The SMILES string of the molecule is OCSc1cc(Cl)c(Cl)cc1Cl. The molecule has 0 atom stereocenters. The maximum absolute atomic E-state index is 8.63. The Labute approximate surface area is 89.6 Å². The number of thioether (sulfide) groups is 1. The van der Waals surface area contributed by atoms with E-state index in [4.69, 9.17) is 39.9 Å². The summed E-state index contributed by atoms with van der Waals surface area (Å²) in [7, 11) is 0. The van der Waals surface area contributed by atoms with E-state index < -0.39 is 0 Å². The van der Waals surface area contributed by atoms with Gasteiger partial charge in [-0.3, -0.25) is 0 Å². The molecule has 0 unspecified atom stereocenters. The van der Waals surface area contributed by atoms with Crippen LogP contribution in [0.1, 0.15) is 0 Å². The topological polar surface area (TPSA) is 20.2 Å². The summed E-state index contributed by atoms with van der Waals surface area (Å²) in [6.07, 6.45) is 0. The van der Waals surface area contributed by atoms with E-state index in [0.717, 1.165) is 4.90 Å². The molecule has 0 aliphatic carbocycles. The van der Waals surface area contributed by atoms with E-state index in [9.17, 15) is 0 Å². The summed E-state index contributed by atoms with van der Waals surface area (Å²) in [5.74, 6) is -0.0301. The Bertz CT molecular complexity index is 290. The smallest absolute Gasteiger partial charge is 0.0932 e. The summed E-state index contributed by atoms with van der Waals surface area (Å²) in [5, 5.41) is 10.00. The molecule has 1 nitrogen and oxygen atoms in total. The molecule has 1 aromatic carbocycles. The molecule has 0 fully saturated rings. The van der Waals surface area contributed by atoms with Crippen LogP contribution in [0.25, 0.3) is 0 Å². The molecule has 5 heteroatoms. The number of halogens is 3. The fourth-order valence-electron chi connectivity index (χ4n) is 0.684. The molecule has 1 aromatic rings. The molecule has 0 bridgehead atoms. The van der Waals surface area contributed by atoms with Gasteiger partial charge in [-0.15, -0.1) is 0 Å². The molecule has 0 aromatic heterocycles. The fraction of sp³-hybridized carbons (Fsp3) is 0.143. The average Bonchev–Trinajstić information content (AvgIpc) is 2.01. The quantitative estimate of drug-likeness (QED) is 0.486. The summed E-state index contributed by atoms with van der Waals surface area (Å²) < 4.78 is 0. The third-order valence-corrected chi connectivity index (χ3v) is 3.12. The maximum Gasteiger partial charge on any atom is 0.0932 e. The third-order valence-electron chi connectivity index (χ3n) is 1.19. The molecule has 0 aliphatic rings. The van der Waals surface area contributed by atoms with Crippen LogP contribution < -0.4 is 0 Å². The van der Waals surface area contributed by atoms with Gasteiger partial charge in [-0.05, 0) is 12.1 Å². The van der Waals surface area contributed by atoms with Gasteiger partial charge in [0.05, 0.1) is 21.0 Å². The van der Waals surface area contributed by atoms with Gasteiger partial charge < -0.3 is 5.11 Å². The number of benzene rings is 1. The van der Waals surface area contributed by atoms with Crippen molar-refractivity contribution >= 4 is 46.6 Å². The molecule has 66 valence electrons. The molecule has 0 radical (unpaired) electrons. The Hall–Kier alpha value is 0.400. The largest absolute Gasteiger partial charge is 0.385 e. The van der Waals surface area contributed by atoms with Crippen molar-refractivity contribution in [1.29, 1.82) is 0 Å². The van der Waals surface area contributed by atoms with E-state index in [1.54, 1.807) is 12.1 Å². The molecule has 0 aliphatic heterocycles. The minimum Gasteiger partial charge on any atom is -0.385 e. The van der Waals surface area contributed by atoms with Crippen LogP contribution in [0.5, 0.6) is 0 Å². The molecular weight excluding hydrogens is 239 g/mol. The second kappa shape index (κ2) is 4.58. The minimum atomic E-state index is -0.0301. The highest BCUT2D eigenvalue weighted by Gasteiger charge is 2.05. The van der Waals surface area contributed by atoms with Crippen LogP contribution in [0.2, 0.25) is 15.1 Å². The highest BCUT2D eigenvalue weighted by Crippen LogP contribution is 2.34. The fourth-order valence-corrected chi connectivity index (χ4v) is 2.00. The molecule has 0 heterocycles. The van der Waals surface area contributed by atoms with Crippen LogP contribution in [0.15, 0.2) is 17.0 Å². The van der Waals surface area contributed by atoms with Gasteiger partial charge in [-0.25, -0.2) is 0 Å². The third kappa shape index (κ3) is 2.44. The molecule has 0 amide bonds. The number of aliphatic hydroxyl groups excluding tert-OH is 1. The average molecular weight is 244 g/mol. The van der Waals surface area contributed by atoms with E-state index in [1.165, 1.54) is 11.8 Å². The van der Waals surface area contributed by atoms with Crippen molar-refractivity contribution in [3.05, 3.63) is 27.2 Å². The normalized spacial score (nSPS) is 10.3. The van der Waals surface area contributed by atoms with Crippen molar-refractivity contribution in [2.75, 3.05) is 5.94 Å². The highest BCUT2D eigenvalue weighted by molar-refractivity contribution is 7.99. The van der Waals surface area contributed by atoms with Crippen LogP contribution in [0, 0.1) is 0 Å². The Balaban J connectivity index is 3.05. The van der Waals surface area contributed by atoms with E-state index in [1.807, 2.05) is 0 Å². The van der Waals surface area contributed by atoms with Gasteiger partial charge in [0.25, 0.3) is 0 Å². The minimum absolute atomic E-state index is 0.0301. The van der Waals surface area contributed by atoms with Gasteiger partial charge in [-0.1, -0.05) is 46.6 Å². The van der Waals surface area contributed by atoms with Crippen molar-refractivity contribution in [2.24, 2.45) is 0 Å². The molecule has 0 saturated heterocycles. The van der Waals surface area contributed by atoms with Crippen LogP contribution in [0.4, 0.5) is 0 Å². The molecule has 12 heavy (non-hydrogen) atoms. The first-order chi connectivity index (χ1) is 5.65. The lowest BCUT2D eigenvalue weighted by Gasteiger charge is -2.03.